The molecule has 106 valence electrons. The van der Waals surface area contributed by atoms with Gasteiger partial charge in [0.25, 0.3) is 0 Å². The normalized spacial score (nSPS) is 18.5. The summed E-state index contributed by atoms with van der Waals surface area (Å²) in [5, 5.41) is 0. The molecule has 20 heavy (non-hydrogen) atoms. The molecule has 1 aromatic rings. The van der Waals surface area contributed by atoms with Gasteiger partial charge in [-0.05, 0) is 36.6 Å². The van der Waals surface area contributed by atoms with E-state index < -0.39 is 6.04 Å². The molecule has 1 aliphatic rings. The van der Waals surface area contributed by atoms with Crippen LogP contribution in [0.25, 0.3) is 6.08 Å². The van der Waals surface area contributed by atoms with Crippen LogP contribution in [0.4, 0.5) is 4.39 Å². The fraction of sp³-hybridized carbons (Fsp3) is 0.333. The molecule has 4 nitrogen and oxygen atoms in total. The van der Waals surface area contributed by atoms with Gasteiger partial charge in [-0.1, -0.05) is 12.1 Å². The SMILES string of the molecule is COC(=O)[C@@H]1CCCN1C(=O)/C=C/c1ccc(F)cc1. The Bertz CT molecular complexity index is 524. The van der Waals surface area contributed by atoms with Gasteiger partial charge in [0, 0.05) is 12.6 Å². The number of carbonyl (C=O) groups is 2. The van der Waals surface area contributed by atoms with E-state index in [4.69, 9.17) is 4.74 Å². The monoisotopic (exact) mass is 277 g/mol. The molecule has 0 saturated carbocycles. The largest absolute Gasteiger partial charge is 0.467 e. The molecule has 2 rings (SSSR count). The van der Waals surface area contributed by atoms with Gasteiger partial charge in [-0.15, -0.1) is 0 Å². The molecule has 0 unspecified atom stereocenters. The van der Waals surface area contributed by atoms with Crippen LogP contribution in [0.3, 0.4) is 0 Å². The molecular weight excluding hydrogens is 261 g/mol. The Balaban J connectivity index is 2.04. The highest BCUT2D eigenvalue weighted by molar-refractivity contribution is 5.95. The van der Waals surface area contributed by atoms with Crippen molar-refractivity contribution in [2.24, 2.45) is 0 Å². The molecule has 1 amide bonds. The molecule has 5 heteroatoms. The zero-order valence-corrected chi connectivity index (χ0v) is 11.2. The quantitative estimate of drug-likeness (QED) is 0.627. The van der Waals surface area contributed by atoms with Gasteiger partial charge in [-0.3, -0.25) is 4.79 Å². The van der Waals surface area contributed by atoms with Crippen LogP contribution in [0.5, 0.6) is 0 Å². The number of likely N-dealkylation sites (tertiary alicyclic amines) is 1. The lowest BCUT2D eigenvalue weighted by Gasteiger charge is -2.20. The van der Waals surface area contributed by atoms with Crippen LogP contribution < -0.4 is 0 Å². The maximum atomic E-state index is 12.8. The Labute approximate surface area is 116 Å². The smallest absolute Gasteiger partial charge is 0.328 e. The van der Waals surface area contributed by atoms with Crippen molar-refractivity contribution in [3.63, 3.8) is 0 Å². The van der Waals surface area contributed by atoms with E-state index >= 15 is 0 Å². The van der Waals surface area contributed by atoms with Crippen molar-refractivity contribution in [3.8, 4) is 0 Å². The van der Waals surface area contributed by atoms with Crippen molar-refractivity contribution in [2.45, 2.75) is 18.9 Å². The average Bonchev–Trinajstić information content (AvgIpc) is 2.95. The third-order valence-electron chi connectivity index (χ3n) is 3.30. The Morgan fingerprint density at radius 3 is 2.70 bits per heavy atom. The van der Waals surface area contributed by atoms with E-state index in [-0.39, 0.29) is 17.7 Å². The Morgan fingerprint density at radius 1 is 1.35 bits per heavy atom. The number of benzene rings is 1. The summed E-state index contributed by atoms with van der Waals surface area (Å²) < 4.78 is 17.5. The molecular formula is C15H16FNO3. The van der Waals surface area contributed by atoms with Crippen molar-refractivity contribution >= 4 is 18.0 Å². The lowest BCUT2D eigenvalue weighted by atomic mass is 10.2. The second kappa shape index (κ2) is 6.32. The lowest BCUT2D eigenvalue weighted by Crippen LogP contribution is -2.40. The third-order valence-corrected chi connectivity index (χ3v) is 3.30. The number of rotatable bonds is 3. The summed E-state index contributed by atoms with van der Waals surface area (Å²) in [6, 6.07) is 5.33. The number of esters is 1. The second-order valence-corrected chi connectivity index (χ2v) is 4.60. The molecule has 0 N–H and O–H groups in total. The van der Waals surface area contributed by atoms with E-state index in [1.807, 2.05) is 0 Å². The molecule has 1 aromatic carbocycles. The summed E-state index contributed by atoms with van der Waals surface area (Å²) in [5.41, 5.74) is 0.730. The lowest BCUT2D eigenvalue weighted by molar-refractivity contribution is -0.149. The van der Waals surface area contributed by atoms with Crippen LogP contribution in [0.15, 0.2) is 30.3 Å². The second-order valence-electron chi connectivity index (χ2n) is 4.60. The number of ether oxygens (including phenoxy) is 1. The van der Waals surface area contributed by atoms with Gasteiger partial charge in [0.1, 0.15) is 11.9 Å². The summed E-state index contributed by atoms with van der Waals surface area (Å²) in [6.07, 6.45) is 4.42. The van der Waals surface area contributed by atoms with E-state index in [2.05, 4.69) is 0 Å². The van der Waals surface area contributed by atoms with Crippen molar-refractivity contribution in [2.75, 3.05) is 13.7 Å². The highest BCUT2D eigenvalue weighted by atomic mass is 19.1. The van der Waals surface area contributed by atoms with Crippen LogP contribution in [0.2, 0.25) is 0 Å². The molecule has 0 spiro atoms. The van der Waals surface area contributed by atoms with Gasteiger partial charge in [0.2, 0.25) is 5.91 Å². The van der Waals surface area contributed by atoms with Gasteiger partial charge in [0.15, 0.2) is 0 Å². The first kappa shape index (κ1) is 14.2. The van der Waals surface area contributed by atoms with E-state index in [1.165, 1.54) is 30.2 Å². The van der Waals surface area contributed by atoms with E-state index in [0.29, 0.717) is 13.0 Å². The summed E-state index contributed by atoms with van der Waals surface area (Å²) in [4.78, 5) is 25.1. The minimum absolute atomic E-state index is 0.234. The third kappa shape index (κ3) is 3.23. The summed E-state index contributed by atoms with van der Waals surface area (Å²) in [7, 11) is 1.32. The average molecular weight is 277 g/mol. The minimum Gasteiger partial charge on any atom is -0.467 e. The number of halogens is 1. The Kier molecular flexibility index (Phi) is 4.50. The van der Waals surface area contributed by atoms with Crippen LogP contribution in [-0.2, 0) is 14.3 Å². The molecule has 1 fully saturated rings. The van der Waals surface area contributed by atoms with E-state index in [0.717, 1.165) is 12.0 Å². The number of carbonyl (C=O) groups excluding carboxylic acids is 2. The molecule has 0 aromatic heterocycles. The van der Waals surface area contributed by atoms with Gasteiger partial charge in [-0.25, -0.2) is 9.18 Å². The fourth-order valence-electron chi connectivity index (χ4n) is 2.25. The van der Waals surface area contributed by atoms with Crippen LogP contribution in [0.1, 0.15) is 18.4 Å². The predicted octanol–water partition coefficient (Wildman–Crippen LogP) is 2.00. The first-order chi connectivity index (χ1) is 9.61. The Morgan fingerprint density at radius 2 is 2.05 bits per heavy atom. The molecule has 1 heterocycles. The number of hydrogen-bond acceptors (Lipinski definition) is 3. The van der Waals surface area contributed by atoms with Crippen molar-refractivity contribution in [3.05, 3.63) is 41.7 Å². The zero-order valence-electron chi connectivity index (χ0n) is 11.2. The van der Waals surface area contributed by atoms with Crippen LogP contribution >= 0.6 is 0 Å². The van der Waals surface area contributed by atoms with E-state index in [1.54, 1.807) is 18.2 Å². The highest BCUT2D eigenvalue weighted by Crippen LogP contribution is 2.19. The maximum Gasteiger partial charge on any atom is 0.328 e. The standard InChI is InChI=1S/C15H16FNO3/c1-20-15(19)13-3-2-10-17(13)14(18)9-6-11-4-7-12(16)8-5-11/h4-9,13H,2-3,10H2,1H3/b9-6+/t13-/m0/s1. The zero-order chi connectivity index (χ0) is 14.5. The van der Waals surface area contributed by atoms with Gasteiger partial charge in [-0.2, -0.15) is 0 Å². The van der Waals surface area contributed by atoms with Gasteiger partial charge >= 0.3 is 5.97 Å². The van der Waals surface area contributed by atoms with E-state index in [9.17, 15) is 14.0 Å². The summed E-state index contributed by atoms with van der Waals surface area (Å²) >= 11 is 0. The van der Waals surface area contributed by atoms with Crippen molar-refractivity contribution < 1.29 is 18.7 Å². The first-order valence-electron chi connectivity index (χ1n) is 6.44. The number of methoxy groups -OCH3 is 1. The highest BCUT2D eigenvalue weighted by Gasteiger charge is 2.33. The van der Waals surface area contributed by atoms with Gasteiger partial charge in [0.05, 0.1) is 7.11 Å². The van der Waals surface area contributed by atoms with Crippen LogP contribution in [0, 0.1) is 5.82 Å². The molecule has 1 aliphatic heterocycles. The maximum absolute atomic E-state index is 12.8. The molecule has 0 aliphatic carbocycles. The predicted molar refractivity (Wildman–Crippen MR) is 72.2 cm³/mol. The minimum atomic E-state index is -0.495. The first-order valence-corrected chi connectivity index (χ1v) is 6.44. The van der Waals surface area contributed by atoms with Crippen LogP contribution in [-0.4, -0.2) is 36.5 Å². The number of nitrogens with zero attached hydrogens (tertiary/aromatic N) is 1. The topological polar surface area (TPSA) is 46.6 Å². The summed E-state index contributed by atoms with van der Waals surface area (Å²) in [6.45, 7) is 0.548. The number of amides is 1. The molecule has 0 bridgehead atoms. The van der Waals surface area contributed by atoms with Gasteiger partial charge < -0.3 is 9.64 Å². The fourth-order valence-corrected chi connectivity index (χ4v) is 2.25. The molecule has 0 radical (unpaired) electrons. The molecule has 1 atom stereocenters. The van der Waals surface area contributed by atoms with Crippen molar-refractivity contribution in [1.82, 2.24) is 4.90 Å². The van der Waals surface area contributed by atoms with Crippen molar-refractivity contribution in [1.29, 1.82) is 0 Å². The number of hydrogen-bond donors (Lipinski definition) is 0. The summed E-state index contributed by atoms with van der Waals surface area (Å²) in [5.74, 6) is -0.938. The molecule has 1 saturated heterocycles. The Hall–Kier alpha value is -2.17.